The first-order chi connectivity index (χ1) is 8.42. The summed E-state index contributed by atoms with van der Waals surface area (Å²) in [5.41, 5.74) is -0.0734. The van der Waals surface area contributed by atoms with Gasteiger partial charge in [0.15, 0.2) is 0 Å². The smallest absolute Gasteiger partial charge is 0.142 e. The highest BCUT2D eigenvalue weighted by molar-refractivity contribution is 5.87. The van der Waals surface area contributed by atoms with Crippen molar-refractivity contribution in [2.75, 3.05) is 13.1 Å². The van der Waals surface area contributed by atoms with Crippen molar-refractivity contribution < 1.29 is 4.79 Å². The van der Waals surface area contributed by atoms with Gasteiger partial charge >= 0.3 is 0 Å². The Morgan fingerprint density at radius 1 is 1.28 bits per heavy atom. The summed E-state index contributed by atoms with van der Waals surface area (Å²) in [4.78, 5) is 15.1. The molecular formula is C16H29NO. The second-order valence-corrected chi connectivity index (χ2v) is 7.29. The molecule has 0 aromatic heterocycles. The summed E-state index contributed by atoms with van der Waals surface area (Å²) in [7, 11) is 0. The average Bonchev–Trinajstić information content (AvgIpc) is 2.73. The van der Waals surface area contributed by atoms with Crippen molar-refractivity contribution in [1.29, 1.82) is 0 Å². The molecule has 0 bridgehead atoms. The molecule has 0 aromatic rings. The Kier molecular flexibility index (Phi) is 4.15. The van der Waals surface area contributed by atoms with Crippen LogP contribution in [0.25, 0.3) is 0 Å². The lowest BCUT2D eigenvalue weighted by atomic mass is 9.71. The lowest BCUT2D eigenvalue weighted by molar-refractivity contribution is -0.135. The Labute approximate surface area is 112 Å². The Balaban J connectivity index is 1.98. The standard InChI is InChI=1S/C16H29NO/c1-12(2)14-8-6-10-17(14)11-13-7-5-9-16(3,4)15(13)18/h12-14H,5-11H2,1-4H3. The first kappa shape index (κ1) is 14.0. The number of nitrogens with zero attached hydrogens (tertiary/aromatic N) is 1. The normalized spacial score (nSPS) is 33.3. The Morgan fingerprint density at radius 3 is 2.67 bits per heavy atom. The molecule has 0 N–H and O–H groups in total. The third kappa shape index (κ3) is 2.79. The van der Waals surface area contributed by atoms with E-state index in [2.05, 4.69) is 32.6 Å². The summed E-state index contributed by atoms with van der Waals surface area (Å²) < 4.78 is 0. The molecule has 1 heterocycles. The van der Waals surface area contributed by atoms with E-state index in [-0.39, 0.29) is 5.41 Å². The highest BCUT2D eigenvalue weighted by Gasteiger charge is 2.39. The van der Waals surface area contributed by atoms with Gasteiger partial charge in [-0.05, 0) is 38.1 Å². The molecule has 1 saturated heterocycles. The number of ketones is 1. The van der Waals surface area contributed by atoms with Crippen molar-refractivity contribution in [2.45, 2.75) is 65.8 Å². The maximum atomic E-state index is 12.5. The van der Waals surface area contributed by atoms with Crippen LogP contribution in [0.5, 0.6) is 0 Å². The minimum atomic E-state index is -0.0734. The molecule has 2 heteroatoms. The van der Waals surface area contributed by atoms with Crippen molar-refractivity contribution in [3.05, 3.63) is 0 Å². The molecule has 0 radical (unpaired) electrons. The van der Waals surface area contributed by atoms with Crippen molar-refractivity contribution in [1.82, 2.24) is 4.90 Å². The van der Waals surface area contributed by atoms with Crippen molar-refractivity contribution >= 4 is 5.78 Å². The molecule has 2 fully saturated rings. The van der Waals surface area contributed by atoms with Gasteiger partial charge in [-0.2, -0.15) is 0 Å². The number of Topliss-reactive ketones (excluding diaryl/α,β-unsaturated/α-hetero) is 1. The monoisotopic (exact) mass is 251 g/mol. The Morgan fingerprint density at radius 2 is 2.00 bits per heavy atom. The van der Waals surface area contributed by atoms with Gasteiger partial charge in [0.25, 0.3) is 0 Å². The zero-order chi connectivity index (χ0) is 13.3. The predicted octanol–water partition coefficient (Wildman–Crippen LogP) is 3.50. The van der Waals surface area contributed by atoms with Crippen LogP contribution in [0.3, 0.4) is 0 Å². The molecule has 2 aliphatic rings. The zero-order valence-corrected chi connectivity index (χ0v) is 12.5. The highest BCUT2D eigenvalue weighted by Crippen LogP contribution is 2.37. The SMILES string of the molecule is CC(C)C1CCCN1CC1CCCC(C)(C)C1=O. The van der Waals surface area contributed by atoms with Gasteiger partial charge in [-0.25, -0.2) is 0 Å². The van der Waals surface area contributed by atoms with Crippen LogP contribution in [0, 0.1) is 17.3 Å². The van der Waals surface area contributed by atoms with Crippen LogP contribution in [0.4, 0.5) is 0 Å². The number of hydrogen-bond acceptors (Lipinski definition) is 2. The maximum Gasteiger partial charge on any atom is 0.142 e. The van der Waals surface area contributed by atoms with Crippen LogP contribution in [-0.4, -0.2) is 29.8 Å². The lowest BCUT2D eigenvalue weighted by Gasteiger charge is -2.37. The first-order valence-corrected chi connectivity index (χ1v) is 7.70. The summed E-state index contributed by atoms with van der Waals surface area (Å²) in [5, 5.41) is 0. The average molecular weight is 251 g/mol. The molecule has 2 nitrogen and oxygen atoms in total. The topological polar surface area (TPSA) is 20.3 Å². The van der Waals surface area contributed by atoms with Crippen LogP contribution in [0.2, 0.25) is 0 Å². The van der Waals surface area contributed by atoms with E-state index < -0.39 is 0 Å². The van der Waals surface area contributed by atoms with Crippen LogP contribution in [0.1, 0.15) is 59.8 Å². The van der Waals surface area contributed by atoms with Gasteiger partial charge < -0.3 is 0 Å². The molecule has 1 aliphatic heterocycles. The van der Waals surface area contributed by atoms with E-state index >= 15 is 0 Å². The third-order valence-electron chi connectivity index (χ3n) is 5.03. The van der Waals surface area contributed by atoms with E-state index in [9.17, 15) is 4.79 Å². The minimum absolute atomic E-state index is 0.0734. The first-order valence-electron chi connectivity index (χ1n) is 7.70. The summed E-state index contributed by atoms with van der Waals surface area (Å²) in [6.45, 7) is 11.1. The molecule has 2 atom stereocenters. The van der Waals surface area contributed by atoms with Gasteiger partial charge in [0.05, 0.1) is 0 Å². The number of likely N-dealkylation sites (tertiary alicyclic amines) is 1. The van der Waals surface area contributed by atoms with Crippen molar-refractivity contribution in [2.24, 2.45) is 17.3 Å². The van der Waals surface area contributed by atoms with Gasteiger partial charge in [-0.1, -0.05) is 34.1 Å². The highest BCUT2D eigenvalue weighted by atomic mass is 16.1. The number of carbonyl (C=O) groups excluding carboxylic acids is 1. The van der Waals surface area contributed by atoms with E-state index in [1.54, 1.807) is 0 Å². The van der Waals surface area contributed by atoms with Crippen LogP contribution >= 0.6 is 0 Å². The van der Waals surface area contributed by atoms with Crippen LogP contribution in [0.15, 0.2) is 0 Å². The zero-order valence-electron chi connectivity index (χ0n) is 12.5. The summed E-state index contributed by atoms with van der Waals surface area (Å²) in [6, 6.07) is 0.711. The van der Waals surface area contributed by atoms with E-state index in [4.69, 9.17) is 0 Å². The van der Waals surface area contributed by atoms with Crippen LogP contribution in [-0.2, 0) is 4.79 Å². The second-order valence-electron chi connectivity index (χ2n) is 7.29. The molecule has 1 saturated carbocycles. The molecule has 1 aliphatic carbocycles. The van der Waals surface area contributed by atoms with Gasteiger partial charge in [0.1, 0.15) is 5.78 Å². The quantitative estimate of drug-likeness (QED) is 0.765. The molecule has 104 valence electrons. The van der Waals surface area contributed by atoms with E-state index in [1.807, 2.05) is 0 Å². The largest absolute Gasteiger partial charge is 0.299 e. The second kappa shape index (κ2) is 5.32. The van der Waals surface area contributed by atoms with Crippen molar-refractivity contribution in [3.63, 3.8) is 0 Å². The van der Waals surface area contributed by atoms with Gasteiger partial charge in [0, 0.05) is 23.9 Å². The lowest BCUT2D eigenvalue weighted by Crippen LogP contribution is -2.44. The molecular weight excluding hydrogens is 222 g/mol. The van der Waals surface area contributed by atoms with Crippen LogP contribution < -0.4 is 0 Å². The number of rotatable bonds is 3. The molecule has 18 heavy (non-hydrogen) atoms. The Bertz CT molecular complexity index is 308. The molecule has 0 aromatic carbocycles. The summed E-state index contributed by atoms with van der Waals surface area (Å²) in [5.74, 6) is 1.54. The van der Waals surface area contributed by atoms with E-state index in [1.165, 1.54) is 25.8 Å². The molecule has 2 unspecified atom stereocenters. The third-order valence-corrected chi connectivity index (χ3v) is 5.03. The fraction of sp³-hybridized carbons (Fsp3) is 0.938. The minimum Gasteiger partial charge on any atom is -0.299 e. The van der Waals surface area contributed by atoms with Gasteiger partial charge in [0.2, 0.25) is 0 Å². The fourth-order valence-electron chi connectivity index (χ4n) is 3.89. The number of hydrogen-bond donors (Lipinski definition) is 0. The van der Waals surface area contributed by atoms with Crippen molar-refractivity contribution in [3.8, 4) is 0 Å². The maximum absolute atomic E-state index is 12.5. The fourth-order valence-corrected chi connectivity index (χ4v) is 3.89. The molecule has 2 rings (SSSR count). The molecule has 0 spiro atoms. The summed E-state index contributed by atoms with van der Waals surface area (Å²) >= 11 is 0. The Hall–Kier alpha value is -0.370. The number of carbonyl (C=O) groups is 1. The van der Waals surface area contributed by atoms with Gasteiger partial charge in [-0.15, -0.1) is 0 Å². The summed E-state index contributed by atoms with van der Waals surface area (Å²) in [6.07, 6.45) is 6.05. The van der Waals surface area contributed by atoms with Gasteiger partial charge in [-0.3, -0.25) is 9.69 Å². The van der Waals surface area contributed by atoms with E-state index in [0.29, 0.717) is 17.7 Å². The van der Waals surface area contributed by atoms with E-state index in [0.717, 1.165) is 25.3 Å². The predicted molar refractivity (Wildman–Crippen MR) is 75.6 cm³/mol. The molecule has 0 amide bonds.